The molecule has 3 nitrogen and oxygen atoms in total. The van der Waals surface area contributed by atoms with Crippen molar-refractivity contribution in [1.82, 2.24) is 4.90 Å². The molecule has 0 saturated heterocycles. The van der Waals surface area contributed by atoms with Gasteiger partial charge in [0.25, 0.3) is 5.91 Å². The molecule has 0 radical (unpaired) electrons. The van der Waals surface area contributed by atoms with Crippen LogP contribution in [0.4, 0.5) is 0 Å². The third-order valence-electron chi connectivity index (χ3n) is 2.78. The summed E-state index contributed by atoms with van der Waals surface area (Å²) in [5, 5.41) is 0. The van der Waals surface area contributed by atoms with Gasteiger partial charge in [0.2, 0.25) is 0 Å². The molecule has 2 N–H and O–H groups in total. The van der Waals surface area contributed by atoms with E-state index in [2.05, 4.69) is 0 Å². The quantitative estimate of drug-likeness (QED) is 0.848. The van der Waals surface area contributed by atoms with Crippen LogP contribution in [0.15, 0.2) is 24.3 Å². The van der Waals surface area contributed by atoms with Crippen LogP contribution in [0.2, 0.25) is 0 Å². The van der Waals surface area contributed by atoms with Crippen molar-refractivity contribution < 1.29 is 4.79 Å². The van der Waals surface area contributed by atoms with Gasteiger partial charge in [-0.15, -0.1) is 0 Å². The summed E-state index contributed by atoms with van der Waals surface area (Å²) < 4.78 is 0. The molecule has 0 fully saturated rings. The Bertz CT molecular complexity index is 355. The standard InChI is InChI=1S/C13H20N2O/c1-9(2)15(4)13(16)12-7-5-11(6-8-12)10(3)14/h5-10H,14H2,1-4H3/t10-/m1/s1. The maximum Gasteiger partial charge on any atom is 0.253 e. The summed E-state index contributed by atoms with van der Waals surface area (Å²) in [5.74, 6) is 0.0474. The zero-order chi connectivity index (χ0) is 12.3. The normalized spacial score (nSPS) is 12.6. The van der Waals surface area contributed by atoms with E-state index in [4.69, 9.17) is 5.73 Å². The van der Waals surface area contributed by atoms with Crippen LogP contribution in [-0.4, -0.2) is 23.9 Å². The molecule has 0 aromatic heterocycles. The molecule has 0 aliphatic heterocycles. The number of benzene rings is 1. The molecule has 0 aliphatic rings. The Morgan fingerprint density at radius 1 is 1.19 bits per heavy atom. The fourth-order valence-corrected chi connectivity index (χ4v) is 1.37. The Labute approximate surface area is 97.2 Å². The molecule has 0 saturated carbocycles. The van der Waals surface area contributed by atoms with Crippen LogP contribution in [0.25, 0.3) is 0 Å². The van der Waals surface area contributed by atoms with E-state index in [1.807, 2.05) is 52.1 Å². The molecule has 0 spiro atoms. The van der Waals surface area contributed by atoms with E-state index in [0.717, 1.165) is 5.56 Å². The highest BCUT2D eigenvalue weighted by molar-refractivity contribution is 5.94. The first kappa shape index (κ1) is 12.7. The van der Waals surface area contributed by atoms with Crippen LogP contribution in [0.5, 0.6) is 0 Å². The maximum absolute atomic E-state index is 12.0. The number of hydrogen-bond acceptors (Lipinski definition) is 2. The largest absolute Gasteiger partial charge is 0.339 e. The Morgan fingerprint density at radius 2 is 1.69 bits per heavy atom. The van der Waals surface area contributed by atoms with E-state index in [1.165, 1.54) is 0 Å². The van der Waals surface area contributed by atoms with Gasteiger partial charge in [0, 0.05) is 24.7 Å². The predicted molar refractivity (Wildman–Crippen MR) is 66.3 cm³/mol. The third kappa shape index (κ3) is 2.83. The lowest BCUT2D eigenvalue weighted by Crippen LogP contribution is -2.32. The van der Waals surface area contributed by atoms with E-state index in [-0.39, 0.29) is 18.0 Å². The van der Waals surface area contributed by atoms with E-state index < -0.39 is 0 Å². The van der Waals surface area contributed by atoms with Crippen LogP contribution < -0.4 is 5.73 Å². The molecule has 3 heteroatoms. The second-order valence-corrected chi connectivity index (χ2v) is 4.42. The SMILES string of the molecule is CC(C)N(C)C(=O)c1ccc([C@@H](C)N)cc1. The zero-order valence-electron chi connectivity index (χ0n) is 10.4. The van der Waals surface area contributed by atoms with Gasteiger partial charge in [-0.25, -0.2) is 0 Å². The number of nitrogens with zero attached hydrogens (tertiary/aromatic N) is 1. The van der Waals surface area contributed by atoms with Crippen molar-refractivity contribution in [2.75, 3.05) is 7.05 Å². The van der Waals surface area contributed by atoms with Gasteiger partial charge < -0.3 is 10.6 Å². The van der Waals surface area contributed by atoms with Crippen molar-refractivity contribution in [1.29, 1.82) is 0 Å². The number of amides is 1. The molecule has 1 rings (SSSR count). The summed E-state index contributed by atoms with van der Waals surface area (Å²) in [5.41, 5.74) is 7.51. The molecule has 1 aromatic carbocycles. The summed E-state index contributed by atoms with van der Waals surface area (Å²) in [6, 6.07) is 7.70. The zero-order valence-corrected chi connectivity index (χ0v) is 10.4. The number of carbonyl (C=O) groups excluding carboxylic acids is 1. The molecule has 0 bridgehead atoms. The highest BCUT2D eigenvalue weighted by Gasteiger charge is 2.14. The molecule has 1 amide bonds. The van der Waals surface area contributed by atoms with Crippen molar-refractivity contribution in [3.63, 3.8) is 0 Å². The summed E-state index contributed by atoms with van der Waals surface area (Å²) in [6.07, 6.45) is 0. The molecule has 0 heterocycles. The van der Waals surface area contributed by atoms with Gasteiger partial charge in [0.15, 0.2) is 0 Å². The van der Waals surface area contributed by atoms with Crippen molar-refractivity contribution in [3.8, 4) is 0 Å². The van der Waals surface area contributed by atoms with Gasteiger partial charge in [0.1, 0.15) is 0 Å². The number of carbonyl (C=O) groups is 1. The number of hydrogen-bond donors (Lipinski definition) is 1. The Morgan fingerprint density at radius 3 is 2.06 bits per heavy atom. The van der Waals surface area contributed by atoms with Crippen molar-refractivity contribution in [2.24, 2.45) is 5.73 Å². The monoisotopic (exact) mass is 220 g/mol. The molecule has 1 aromatic rings. The van der Waals surface area contributed by atoms with Crippen molar-refractivity contribution in [2.45, 2.75) is 32.9 Å². The minimum Gasteiger partial charge on any atom is -0.339 e. The van der Waals surface area contributed by atoms with E-state index in [0.29, 0.717) is 5.56 Å². The van der Waals surface area contributed by atoms with Gasteiger partial charge in [-0.1, -0.05) is 12.1 Å². The van der Waals surface area contributed by atoms with Gasteiger partial charge in [-0.05, 0) is 38.5 Å². The fraction of sp³-hybridized carbons (Fsp3) is 0.462. The molecule has 0 unspecified atom stereocenters. The molecular formula is C13H20N2O. The minimum absolute atomic E-state index is 0.00646. The summed E-state index contributed by atoms with van der Waals surface area (Å²) in [4.78, 5) is 13.7. The first-order valence-corrected chi connectivity index (χ1v) is 5.56. The van der Waals surface area contributed by atoms with Crippen LogP contribution in [-0.2, 0) is 0 Å². The fourth-order valence-electron chi connectivity index (χ4n) is 1.37. The summed E-state index contributed by atoms with van der Waals surface area (Å²) in [7, 11) is 1.81. The Balaban J connectivity index is 2.86. The molecular weight excluding hydrogens is 200 g/mol. The van der Waals surface area contributed by atoms with Crippen LogP contribution >= 0.6 is 0 Å². The topological polar surface area (TPSA) is 46.3 Å². The van der Waals surface area contributed by atoms with Crippen LogP contribution in [0.3, 0.4) is 0 Å². The maximum atomic E-state index is 12.0. The highest BCUT2D eigenvalue weighted by atomic mass is 16.2. The smallest absolute Gasteiger partial charge is 0.253 e. The van der Waals surface area contributed by atoms with Crippen molar-refractivity contribution >= 4 is 5.91 Å². The average Bonchev–Trinajstić information content (AvgIpc) is 2.27. The van der Waals surface area contributed by atoms with Gasteiger partial charge in [0.05, 0.1) is 0 Å². The highest BCUT2D eigenvalue weighted by Crippen LogP contribution is 2.12. The van der Waals surface area contributed by atoms with Crippen LogP contribution in [0, 0.1) is 0 Å². The summed E-state index contributed by atoms with van der Waals surface area (Å²) in [6.45, 7) is 5.92. The number of rotatable bonds is 3. The molecule has 88 valence electrons. The lowest BCUT2D eigenvalue weighted by molar-refractivity contribution is 0.0755. The van der Waals surface area contributed by atoms with E-state index in [9.17, 15) is 4.79 Å². The average molecular weight is 220 g/mol. The van der Waals surface area contributed by atoms with Gasteiger partial charge >= 0.3 is 0 Å². The second kappa shape index (κ2) is 5.12. The van der Waals surface area contributed by atoms with E-state index in [1.54, 1.807) is 4.90 Å². The molecule has 16 heavy (non-hydrogen) atoms. The summed E-state index contributed by atoms with van der Waals surface area (Å²) >= 11 is 0. The second-order valence-electron chi connectivity index (χ2n) is 4.42. The molecule has 1 atom stereocenters. The third-order valence-corrected chi connectivity index (χ3v) is 2.78. The lowest BCUT2D eigenvalue weighted by Gasteiger charge is -2.21. The van der Waals surface area contributed by atoms with Crippen molar-refractivity contribution in [3.05, 3.63) is 35.4 Å². The number of nitrogens with two attached hydrogens (primary N) is 1. The predicted octanol–water partition coefficient (Wildman–Crippen LogP) is 2.19. The van der Waals surface area contributed by atoms with E-state index >= 15 is 0 Å². The first-order valence-electron chi connectivity index (χ1n) is 5.56. The first-order chi connectivity index (χ1) is 7.43. The molecule has 0 aliphatic carbocycles. The van der Waals surface area contributed by atoms with Crippen LogP contribution in [0.1, 0.15) is 42.7 Å². The lowest BCUT2D eigenvalue weighted by atomic mass is 10.1. The minimum atomic E-state index is 0.00646. The Kier molecular flexibility index (Phi) is 4.07. The van der Waals surface area contributed by atoms with Gasteiger partial charge in [-0.2, -0.15) is 0 Å². The Hall–Kier alpha value is -1.35. The van der Waals surface area contributed by atoms with Gasteiger partial charge in [-0.3, -0.25) is 4.79 Å².